The molecule has 3 nitrogen and oxygen atoms in total. The molecule has 1 N–H and O–H groups in total. The Morgan fingerprint density at radius 2 is 1.86 bits per heavy atom. The number of carbonyl (C=O) groups excluding carboxylic acids is 1. The minimum atomic E-state index is -2.45. The molecule has 2 aromatic carbocycles. The molecule has 0 aliphatic heterocycles. The lowest BCUT2D eigenvalue weighted by Crippen LogP contribution is -2.14. The van der Waals surface area contributed by atoms with Crippen LogP contribution >= 0.6 is 11.8 Å². The molecule has 2 aromatic rings. The first-order valence-corrected chi connectivity index (χ1v) is 7.43. The molecule has 0 bridgehead atoms. The molecule has 0 aromatic heterocycles. The Morgan fingerprint density at radius 1 is 1.18 bits per heavy atom. The fourth-order valence-corrected chi connectivity index (χ4v) is 2.45. The lowest BCUT2D eigenvalue weighted by molar-refractivity contribution is -0.115. The lowest BCUT2D eigenvalue weighted by atomic mass is 10.1. The fourth-order valence-electron chi connectivity index (χ4n) is 1.95. The molecule has 0 unspecified atom stereocenters. The molecule has 0 radical (unpaired) electrons. The Balaban J connectivity index is 1.97. The van der Waals surface area contributed by atoms with Crippen molar-refractivity contribution in [3.63, 3.8) is 0 Å². The number of anilines is 1. The summed E-state index contributed by atoms with van der Waals surface area (Å²) < 4.78 is 29.6. The molecule has 22 heavy (non-hydrogen) atoms. The van der Waals surface area contributed by atoms with Crippen LogP contribution in [-0.4, -0.2) is 18.8 Å². The first kappa shape index (κ1) is 16.3. The van der Waals surface area contributed by atoms with Crippen LogP contribution in [0.3, 0.4) is 0 Å². The van der Waals surface area contributed by atoms with Crippen LogP contribution in [0.15, 0.2) is 53.4 Å². The van der Waals surface area contributed by atoms with Gasteiger partial charge < -0.3 is 10.1 Å². The minimum absolute atomic E-state index is 0.178. The van der Waals surface area contributed by atoms with E-state index >= 15 is 0 Å². The molecule has 2 rings (SSSR count). The zero-order chi connectivity index (χ0) is 15.9. The van der Waals surface area contributed by atoms with Gasteiger partial charge in [-0.15, -0.1) is 0 Å². The van der Waals surface area contributed by atoms with Crippen LogP contribution in [0.4, 0.5) is 14.5 Å². The van der Waals surface area contributed by atoms with E-state index < -0.39 is 5.76 Å². The maximum atomic E-state index is 12.2. The highest BCUT2D eigenvalue weighted by molar-refractivity contribution is 7.99. The van der Waals surface area contributed by atoms with Crippen LogP contribution in [0.25, 0.3) is 0 Å². The van der Waals surface area contributed by atoms with Gasteiger partial charge in [-0.1, -0.05) is 30.0 Å². The van der Waals surface area contributed by atoms with E-state index in [-0.39, 0.29) is 12.3 Å². The third kappa shape index (κ3) is 4.73. The summed E-state index contributed by atoms with van der Waals surface area (Å²) in [6, 6.07) is 13.6. The van der Waals surface area contributed by atoms with E-state index in [4.69, 9.17) is 4.74 Å². The molecule has 0 saturated carbocycles. The molecular weight excluding hydrogens is 308 g/mol. The average Bonchev–Trinajstić information content (AvgIpc) is 2.49. The van der Waals surface area contributed by atoms with Gasteiger partial charge in [0.05, 0.1) is 13.5 Å². The summed E-state index contributed by atoms with van der Waals surface area (Å²) in [6.45, 7) is 0. The topological polar surface area (TPSA) is 38.3 Å². The molecule has 0 aliphatic rings. The number of thioether (sulfide) groups is 1. The molecule has 1 amide bonds. The van der Waals surface area contributed by atoms with Crippen LogP contribution in [0.5, 0.6) is 5.75 Å². The highest BCUT2D eigenvalue weighted by Gasteiger charge is 2.09. The molecule has 0 heterocycles. The normalized spacial score (nSPS) is 10.5. The van der Waals surface area contributed by atoms with Crippen LogP contribution < -0.4 is 10.1 Å². The number of alkyl halides is 2. The fraction of sp³-hybridized carbons (Fsp3) is 0.188. The van der Waals surface area contributed by atoms with Crippen molar-refractivity contribution in [2.45, 2.75) is 17.1 Å². The van der Waals surface area contributed by atoms with E-state index in [1.807, 2.05) is 18.2 Å². The van der Waals surface area contributed by atoms with Gasteiger partial charge in [-0.3, -0.25) is 4.79 Å². The second-order valence-electron chi connectivity index (χ2n) is 4.44. The van der Waals surface area contributed by atoms with Gasteiger partial charge in [-0.25, -0.2) is 0 Å². The van der Waals surface area contributed by atoms with Crippen molar-refractivity contribution in [3.8, 4) is 5.75 Å². The van der Waals surface area contributed by atoms with Gasteiger partial charge >= 0.3 is 0 Å². The summed E-state index contributed by atoms with van der Waals surface area (Å²) in [4.78, 5) is 12.5. The van der Waals surface area contributed by atoms with Crippen LogP contribution in [-0.2, 0) is 11.2 Å². The number of carbonyl (C=O) groups is 1. The molecule has 0 fully saturated rings. The SMILES string of the molecule is COc1ccccc1CC(=O)Nc1ccc(SC(F)F)cc1. The third-order valence-corrected chi connectivity index (χ3v) is 3.63. The molecule has 6 heteroatoms. The number of methoxy groups -OCH3 is 1. The monoisotopic (exact) mass is 323 g/mol. The van der Waals surface area contributed by atoms with Crippen molar-refractivity contribution in [1.29, 1.82) is 0 Å². The highest BCUT2D eigenvalue weighted by Crippen LogP contribution is 2.26. The van der Waals surface area contributed by atoms with E-state index in [2.05, 4.69) is 5.32 Å². The van der Waals surface area contributed by atoms with Crippen molar-refractivity contribution >= 4 is 23.4 Å². The van der Waals surface area contributed by atoms with Crippen molar-refractivity contribution in [3.05, 3.63) is 54.1 Å². The van der Waals surface area contributed by atoms with Gasteiger partial charge in [-0.2, -0.15) is 8.78 Å². The summed E-state index contributed by atoms with van der Waals surface area (Å²) in [6.07, 6.45) is 0.178. The summed E-state index contributed by atoms with van der Waals surface area (Å²) in [5.41, 5.74) is 1.35. The predicted molar refractivity (Wildman–Crippen MR) is 83.6 cm³/mol. The van der Waals surface area contributed by atoms with E-state index in [0.29, 0.717) is 28.1 Å². The highest BCUT2D eigenvalue weighted by atomic mass is 32.2. The molecular formula is C16H15F2NO2S. The average molecular weight is 323 g/mol. The number of hydrogen-bond donors (Lipinski definition) is 1. The van der Waals surface area contributed by atoms with E-state index in [1.165, 1.54) is 0 Å². The number of benzene rings is 2. The Hall–Kier alpha value is -2.08. The minimum Gasteiger partial charge on any atom is -0.496 e. The van der Waals surface area contributed by atoms with Gasteiger partial charge in [0.25, 0.3) is 5.76 Å². The lowest BCUT2D eigenvalue weighted by Gasteiger charge is -2.09. The van der Waals surface area contributed by atoms with Crippen LogP contribution in [0.2, 0.25) is 0 Å². The maximum absolute atomic E-state index is 12.2. The molecule has 0 saturated heterocycles. The third-order valence-electron chi connectivity index (χ3n) is 2.91. The van der Waals surface area contributed by atoms with Crippen molar-refractivity contribution < 1.29 is 18.3 Å². The first-order chi connectivity index (χ1) is 10.6. The Morgan fingerprint density at radius 3 is 2.50 bits per heavy atom. The van der Waals surface area contributed by atoms with E-state index in [0.717, 1.165) is 5.56 Å². The molecule has 0 atom stereocenters. The molecule has 0 spiro atoms. The second kappa shape index (κ2) is 7.79. The maximum Gasteiger partial charge on any atom is 0.288 e. The molecule has 0 aliphatic carbocycles. The van der Waals surface area contributed by atoms with Crippen molar-refractivity contribution in [1.82, 2.24) is 0 Å². The summed E-state index contributed by atoms with van der Waals surface area (Å²) >= 11 is 0.471. The zero-order valence-electron chi connectivity index (χ0n) is 11.9. The standard InChI is InChI=1S/C16H15F2NO2S/c1-21-14-5-3-2-4-11(14)10-15(20)19-12-6-8-13(9-7-12)22-16(17)18/h2-9,16H,10H2,1H3,(H,19,20). The molecule has 116 valence electrons. The smallest absolute Gasteiger partial charge is 0.288 e. The second-order valence-corrected chi connectivity index (χ2v) is 5.50. The number of nitrogens with one attached hydrogen (secondary N) is 1. The number of rotatable bonds is 6. The number of ether oxygens (including phenoxy) is 1. The van der Waals surface area contributed by atoms with E-state index in [9.17, 15) is 13.6 Å². The van der Waals surface area contributed by atoms with Gasteiger partial charge in [0.15, 0.2) is 0 Å². The van der Waals surface area contributed by atoms with Crippen molar-refractivity contribution in [2.75, 3.05) is 12.4 Å². The predicted octanol–water partition coefficient (Wildman–Crippen LogP) is 4.19. The van der Waals surface area contributed by atoms with E-state index in [1.54, 1.807) is 37.4 Å². The quantitative estimate of drug-likeness (QED) is 0.810. The van der Waals surface area contributed by atoms with Crippen LogP contribution in [0.1, 0.15) is 5.56 Å². The number of amides is 1. The van der Waals surface area contributed by atoms with Crippen LogP contribution in [0, 0.1) is 0 Å². The Bertz CT molecular complexity index is 632. The van der Waals surface area contributed by atoms with Gasteiger partial charge in [0, 0.05) is 16.1 Å². The first-order valence-electron chi connectivity index (χ1n) is 6.55. The summed E-state index contributed by atoms with van der Waals surface area (Å²) in [5, 5.41) is 2.73. The van der Waals surface area contributed by atoms with Crippen molar-refractivity contribution in [2.24, 2.45) is 0 Å². The number of para-hydroxylation sites is 1. The van der Waals surface area contributed by atoms with Gasteiger partial charge in [0.1, 0.15) is 5.75 Å². The van der Waals surface area contributed by atoms with Gasteiger partial charge in [-0.05, 0) is 30.3 Å². The Kier molecular flexibility index (Phi) is 5.77. The largest absolute Gasteiger partial charge is 0.496 e. The summed E-state index contributed by atoms with van der Waals surface area (Å²) in [5.74, 6) is -1.99. The zero-order valence-corrected chi connectivity index (χ0v) is 12.7. The number of halogens is 2. The Labute approximate surface area is 131 Å². The van der Waals surface area contributed by atoms with Gasteiger partial charge in [0.2, 0.25) is 5.91 Å². The number of hydrogen-bond acceptors (Lipinski definition) is 3. The summed E-state index contributed by atoms with van der Waals surface area (Å²) in [7, 11) is 1.55.